The molecule has 0 fully saturated rings. The lowest BCUT2D eigenvalue weighted by Crippen LogP contribution is -2.37. The van der Waals surface area contributed by atoms with Crippen LogP contribution < -0.4 is 10.6 Å². The van der Waals surface area contributed by atoms with Crippen LogP contribution in [0.1, 0.15) is 27.2 Å². The highest BCUT2D eigenvalue weighted by Crippen LogP contribution is 1.76. The summed E-state index contributed by atoms with van der Waals surface area (Å²) in [5.74, 6) is 5.76. The van der Waals surface area contributed by atoms with Crippen molar-refractivity contribution in [2.45, 2.75) is 33.2 Å². The summed E-state index contributed by atoms with van der Waals surface area (Å²) in [7, 11) is 0. The minimum absolute atomic E-state index is 0.0412. The monoisotopic (exact) mass is 182 g/mol. The molecule has 0 rings (SSSR count). The predicted molar refractivity (Wildman–Crippen MR) is 54.2 cm³/mol. The first-order valence-corrected chi connectivity index (χ1v) is 4.56. The fourth-order valence-electron chi connectivity index (χ4n) is 0.851. The van der Waals surface area contributed by atoms with Crippen molar-refractivity contribution in [1.82, 2.24) is 10.6 Å². The van der Waals surface area contributed by atoms with E-state index in [0.29, 0.717) is 6.54 Å². The Balaban J connectivity index is 3.30. The van der Waals surface area contributed by atoms with Gasteiger partial charge in [0.05, 0.1) is 6.54 Å². The summed E-state index contributed by atoms with van der Waals surface area (Å²) in [6.07, 6.45) is 0.797. The van der Waals surface area contributed by atoms with Crippen molar-refractivity contribution >= 4 is 5.91 Å². The normalized spacial score (nSPS) is 9.23. The zero-order valence-corrected chi connectivity index (χ0v) is 8.61. The Labute approximate surface area is 80.3 Å². The molecular weight excluding hydrogens is 164 g/mol. The van der Waals surface area contributed by atoms with E-state index in [1.54, 1.807) is 0 Å². The Bertz CT molecular complexity index is 201. The van der Waals surface area contributed by atoms with E-state index >= 15 is 0 Å². The van der Waals surface area contributed by atoms with E-state index in [2.05, 4.69) is 22.5 Å². The van der Waals surface area contributed by atoms with Gasteiger partial charge in [-0.15, -0.1) is 11.8 Å². The van der Waals surface area contributed by atoms with Crippen molar-refractivity contribution in [1.29, 1.82) is 0 Å². The first kappa shape index (κ1) is 12.0. The van der Waals surface area contributed by atoms with Crippen molar-refractivity contribution < 1.29 is 4.79 Å². The Morgan fingerprint density at radius 1 is 1.46 bits per heavy atom. The van der Waals surface area contributed by atoms with Gasteiger partial charge in [0, 0.05) is 19.0 Å². The molecule has 0 atom stereocenters. The standard InChI is InChI=1S/C10H18N2O/c1-4-5-6-7-11-8-10(13)12-9(2)3/h9,11H,6-8H2,1-3H3,(H,12,13). The lowest BCUT2D eigenvalue weighted by atomic mass is 10.4. The summed E-state index contributed by atoms with van der Waals surface area (Å²) in [4.78, 5) is 11.1. The fraction of sp³-hybridized carbons (Fsp3) is 0.700. The van der Waals surface area contributed by atoms with Crippen LogP contribution in [0.25, 0.3) is 0 Å². The van der Waals surface area contributed by atoms with Crippen molar-refractivity contribution in [2.24, 2.45) is 0 Å². The van der Waals surface area contributed by atoms with Crippen LogP contribution in [0.4, 0.5) is 0 Å². The Morgan fingerprint density at radius 3 is 2.69 bits per heavy atom. The molecule has 74 valence electrons. The first-order chi connectivity index (χ1) is 6.16. The molecule has 0 saturated heterocycles. The molecule has 3 nitrogen and oxygen atoms in total. The minimum atomic E-state index is 0.0412. The average molecular weight is 182 g/mol. The van der Waals surface area contributed by atoms with Crippen LogP contribution in [0, 0.1) is 11.8 Å². The molecule has 0 bridgehead atoms. The van der Waals surface area contributed by atoms with Gasteiger partial charge in [-0.3, -0.25) is 4.79 Å². The zero-order valence-electron chi connectivity index (χ0n) is 8.61. The van der Waals surface area contributed by atoms with Gasteiger partial charge in [-0.2, -0.15) is 0 Å². The largest absolute Gasteiger partial charge is 0.353 e. The molecule has 3 heteroatoms. The molecule has 1 amide bonds. The first-order valence-electron chi connectivity index (χ1n) is 4.56. The van der Waals surface area contributed by atoms with Gasteiger partial charge < -0.3 is 10.6 Å². The molecule has 2 N–H and O–H groups in total. The van der Waals surface area contributed by atoms with Gasteiger partial charge >= 0.3 is 0 Å². The smallest absolute Gasteiger partial charge is 0.234 e. The second-order valence-corrected chi connectivity index (χ2v) is 3.08. The van der Waals surface area contributed by atoms with Gasteiger partial charge in [0.15, 0.2) is 0 Å². The summed E-state index contributed by atoms with van der Waals surface area (Å²) < 4.78 is 0. The predicted octanol–water partition coefficient (Wildman–Crippen LogP) is 0.514. The number of nitrogens with one attached hydrogen (secondary N) is 2. The van der Waals surface area contributed by atoms with E-state index in [1.807, 2.05) is 20.8 Å². The second-order valence-electron chi connectivity index (χ2n) is 3.08. The second kappa shape index (κ2) is 7.63. The quantitative estimate of drug-likeness (QED) is 0.480. The third kappa shape index (κ3) is 8.90. The molecule has 0 saturated carbocycles. The van der Waals surface area contributed by atoms with Crippen molar-refractivity contribution in [3.63, 3.8) is 0 Å². The summed E-state index contributed by atoms with van der Waals surface area (Å²) in [5, 5.41) is 5.81. The lowest BCUT2D eigenvalue weighted by molar-refractivity contribution is -0.120. The third-order valence-electron chi connectivity index (χ3n) is 1.34. The molecule has 0 aliphatic rings. The van der Waals surface area contributed by atoms with Gasteiger partial charge in [-0.1, -0.05) is 0 Å². The Morgan fingerprint density at radius 2 is 2.15 bits per heavy atom. The summed E-state index contributed by atoms with van der Waals surface area (Å²) in [5.41, 5.74) is 0. The number of amides is 1. The van der Waals surface area contributed by atoms with Crippen LogP contribution >= 0.6 is 0 Å². The van der Waals surface area contributed by atoms with Crippen molar-refractivity contribution in [3.8, 4) is 11.8 Å². The van der Waals surface area contributed by atoms with Crippen molar-refractivity contribution in [2.75, 3.05) is 13.1 Å². The highest BCUT2D eigenvalue weighted by Gasteiger charge is 2.00. The molecule has 0 spiro atoms. The van der Waals surface area contributed by atoms with Gasteiger partial charge in [0.1, 0.15) is 0 Å². The van der Waals surface area contributed by atoms with Crippen LogP contribution in [0.3, 0.4) is 0 Å². The van der Waals surface area contributed by atoms with Crippen LogP contribution in [0.5, 0.6) is 0 Å². The Hall–Kier alpha value is -1.01. The SMILES string of the molecule is CC#CCCNCC(=O)NC(C)C. The van der Waals surface area contributed by atoms with Crippen molar-refractivity contribution in [3.05, 3.63) is 0 Å². The summed E-state index contributed by atoms with van der Waals surface area (Å²) in [6, 6.07) is 0.213. The van der Waals surface area contributed by atoms with Crippen LogP contribution in [-0.4, -0.2) is 25.0 Å². The molecular formula is C10H18N2O. The molecule has 0 aliphatic carbocycles. The molecule has 13 heavy (non-hydrogen) atoms. The lowest BCUT2D eigenvalue weighted by Gasteiger charge is -2.08. The molecule has 0 aromatic carbocycles. The molecule has 0 aromatic rings. The van der Waals surface area contributed by atoms with E-state index in [1.165, 1.54) is 0 Å². The highest BCUT2D eigenvalue weighted by molar-refractivity contribution is 5.78. The summed E-state index contributed by atoms with van der Waals surface area (Å²) >= 11 is 0. The molecule has 0 radical (unpaired) electrons. The van der Waals surface area contributed by atoms with E-state index < -0.39 is 0 Å². The molecule has 0 heterocycles. The number of hydrogen-bond donors (Lipinski definition) is 2. The van der Waals surface area contributed by atoms with Crippen LogP contribution in [-0.2, 0) is 4.79 Å². The summed E-state index contributed by atoms with van der Waals surface area (Å²) in [6.45, 7) is 6.85. The zero-order chi connectivity index (χ0) is 10.1. The number of rotatable bonds is 5. The minimum Gasteiger partial charge on any atom is -0.353 e. The molecule has 0 unspecified atom stereocenters. The number of hydrogen-bond acceptors (Lipinski definition) is 2. The average Bonchev–Trinajstić information content (AvgIpc) is 2.02. The van der Waals surface area contributed by atoms with E-state index in [0.717, 1.165) is 13.0 Å². The van der Waals surface area contributed by atoms with Crippen LogP contribution in [0.15, 0.2) is 0 Å². The molecule has 0 aromatic heterocycles. The van der Waals surface area contributed by atoms with Gasteiger partial charge in [0.2, 0.25) is 5.91 Å². The topological polar surface area (TPSA) is 41.1 Å². The maximum atomic E-state index is 11.1. The van der Waals surface area contributed by atoms with E-state index in [4.69, 9.17) is 0 Å². The van der Waals surface area contributed by atoms with Gasteiger partial charge in [0.25, 0.3) is 0 Å². The highest BCUT2D eigenvalue weighted by atomic mass is 16.1. The fourth-order valence-corrected chi connectivity index (χ4v) is 0.851. The Kier molecular flexibility index (Phi) is 7.04. The maximum Gasteiger partial charge on any atom is 0.234 e. The van der Waals surface area contributed by atoms with Gasteiger partial charge in [-0.05, 0) is 20.8 Å². The number of carbonyl (C=O) groups excluding carboxylic acids is 1. The van der Waals surface area contributed by atoms with E-state index in [9.17, 15) is 4.79 Å². The van der Waals surface area contributed by atoms with E-state index in [-0.39, 0.29) is 11.9 Å². The third-order valence-corrected chi connectivity index (χ3v) is 1.34. The van der Waals surface area contributed by atoms with Gasteiger partial charge in [-0.25, -0.2) is 0 Å². The number of carbonyl (C=O) groups is 1. The molecule has 0 aliphatic heterocycles. The van der Waals surface area contributed by atoms with Crippen LogP contribution in [0.2, 0.25) is 0 Å². The maximum absolute atomic E-state index is 11.1.